The minimum absolute atomic E-state index is 0.0780. The molecular weight excluding hydrogens is 308 g/mol. The van der Waals surface area contributed by atoms with Crippen molar-refractivity contribution < 1.29 is 19.4 Å². The number of nitrogens with zero attached hydrogens (tertiary/aromatic N) is 1. The van der Waals surface area contributed by atoms with Gasteiger partial charge in [-0.2, -0.15) is 0 Å². The van der Waals surface area contributed by atoms with Gasteiger partial charge >= 0.3 is 12.0 Å². The van der Waals surface area contributed by atoms with Crippen molar-refractivity contribution in [2.24, 2.45) is 0 Å². The number of nitrogens with one attached hydrogen (secondary N) is 1. The van der Waals surface area contributed by atoms with Crippen LogP contribution in [0.5, 0.6) is 0 Å². The molecule has 0 radical (unpaired) electrons. The second-order valence-electron chi connectivity index (χ2n) is 4.79. The predicted molar refractivity (Wildman–Crippen MR) is 85.0 cm³/mol. The third-order valence-corrected chi connectivity index (χ3v) is 3.01. The first-order chi connectivity index (χ1) is 10.4. The molecule has 1 rings (SSSR count). The van der Waals surface area contributed by atoms with Crippen molar-refractivity contribution in [2.75, 3.05) is 25.0 Å². The van der Waals surface area contributed by atoms with Gasteiger partial charge < -0.3 is 20.1 Å². The van der Waals surface area contributed by atoms with E-state index in [4.69, 9.17) is 16.3 Å². The summed E-state index contributed by atoms with van der Waals surface area (Å²) in [6.07, 6.45) is -0.618. The number of esters is 1. The topological polar surface area (TPSA) is 78.9 Å². The molecule has 22 heavy (non-hydrogen) atoms. The van der Waals surface area contributed by atoms with E-state index in [0.29, 0.717) is 17.3 Å². The number of anilines is 1. The lowest BCUT2D eigenvalue weighted by atomic mass is 10.3. The van der Waals surface area contributed by atoms with Crippen molar-refractivity contribution in [3.63, 3.8) is 0 Å². The van der Waals surface area contributed by atoms with Gasteiger partial charge in [-0.15, -0.1) is 0 Å². The van der Waals surface area contributed by atoms with Crippen molar-refractivity contribution in [1.29, 1.82) is 0 Å². The van der Waals surface area contributed by atoms with Crippen LogP contribution in [0.25, 0.3) is 0 Å². The molecule has 0 bridgehead atoms. The molecule has 1 unspecified atom stereocenters. The summed E-state index contributed by atoms with van der Waals surface area (Å²) in [5.41, 5.74) is 0.584. The lowest BCUT2D eigenvalue weighted by Crippen LogP contribution is -2.40. The van der Waals surface area contributed by atoms with Crippen LogP contribution in [0.2, 0.25) is 5.02 Å². The normalized spacial score (nSPS) is 11.6. The van der Waals surface area contributed by atoms with Crippen molar-refractivity contribution in [3.8, 4) is 0 Å². The summed E-state index contributed by atoms with van der Waals surface area (Å²) in [6.45, 7) is 3.89. The number of carbonyl (C=O) groups is 2. The van der Waals surface area contributed by atoms with Gasteiger partial charge in [-0.05, 0) is 38.1 Å². The molecule has 0 heterocycles. The Labute approximate surface area is 135 Å². The van der Waals surface area contributed by atoms with Crippen molar-refractivity contribution in [3.05, 3.63) is 29.3 Å². The van der Waals surface area contributed by atoms with E-state index in [1.165, 1.54) is 4.90 Å². The second kappa shape index (κ2) is 9.27. The maximum absolute atomic E-state index is 12.2. The zero-order chi connectivity index (χ0) is 16.5. The first kappa shape index (κ1) is 18.3. The van der Waals surface area contributed by atoms with E-state index in [0.717, 1.165) is 0 Å². The number of halogens is 1. The highest BCUT2D eigenvalue weighted by Crippen LogP contribution is 2.14. The van der Waals surface area contributed by atoms with Crippen molar-refractivity contribution >= 4 is 29.3 Å². The second-order valence-corrected chi connectivity index (χ2v) is 5.22. The molecule has 122 valence electrons. The summed E-state index contributed by atoms with van der Waals surface area (Å²) < 4.78 is 4.83. The van der Waals surface area contributed by atoms with Crippen LogP contribution in [0.4, 0.5) is 10.5 Å². The van der Waals surface area contributed by atoms with Gasteiger partial charge in [0, 0.05) is 23.8 Å². The Hall–Kier alpha value is -1.79. The molecule has 0 aromatic heterocycles. The lowest BCUT2D eigenvalue weighted by Gasteiger charge is -2.24. The largest absolute Gasteiger partial charge is 0.466 e. The maximum atomic E-state index is 12.2. The highest BCUT2D eigenvalue weighted by atomic mass is 35.5. The minimum atomic E-state index is -0.696. The predicted octanol–water partition coefficient (Wildman–Crippen LogP) is 2.51. The zero-order valence-electron chi connectivity index (χ0n) is 12.7. The maximum Gasteiger partial charge on any atom is 0.321 e. The van der Waals surface area contributed by atoms with Gasteiger partial charge in [0.1, 0.15) is 0 Å². The van der Waals surface area contributed by atoms with E-state index in [1.54, 1.807) is 38.1 Å². The molecule has 0 aliphatic heterocycles. The number of rotatable bonds is 7. The number of benzene rings is 1. The molecular formula is C15H21ClN2O4. The van der Waals surface area contributed by atoms with Gasteiger partial charge in [-0.25, -0.2) is 4.79 Å². The molecule has 0 aliphatic rings. The fraction of sp³-hybridized carbons (Fsp3) is 0.467. The summed E-state index contributed by atoms with van der Waals surface area (Å²) in [5, 5.41) is 12.8. The molecule has 7 heteroatoms. The number of hydrogen-bond donors (Lipinski definition) is 2. The minimum Gasteiger partial charge on any atom is -0.466 e. The van der Waals surface area contributed by atoms with Crippen LogP contribution < -0.4 is 5.32 Å². The molecule has 0 saturated heterocycles. The molecule has 0 fully saturated rings. The van der Waals surface area contributed by atoms with Crippen LogP contribution in [0.1, 0.15) is 20.3 Å². The highest BCUT2D eigenvalue weighted by Gasteiger charge is 2.17. The van der Waals surface area contributed by atoms with Crippen molar-refractivity contribution in [2.45, 2.75) is 26.4 Å². The van der Waals surface area contributed by atoms with Gasteiger partial charge in [0.05, 0.1) is 19.1 Å². The molecule has 1 atom stereocenters. The number of aliphatic hydroxyl groups is 1. The van der Waals surface area contributed by atoms with Crippen molar-refractivity contribution in [1.82, 2.24) is 4.90 Å². The van der Waals surface area contributed by atoms with Crippen LogP contribution >= 0.6 is 11.6 Å². The first-order valence-corrected chi connectivity index (χ1v) is 7.45. The number of aliphatic hydroxyl groups excluding tert-OH is 1. The molecule has 1 aromatic carbocycles. The molecule has 6 nitrogen and oxygen atoms in total. The zero-order valence-corrected chi connectivity index (χ0v) is 13.5. The Kier molecular flexibility index (Phi) is 7.70. The average molecular weight is 329 g/mol. The molecule has 2 N–H and O–H groups in total. The number of urea groups is 1. The Bertz CT molecular complexity index is 491. The van der Waals surface area contributed by atoms with Crippen LogP contribution in [0.3, 0.4) is 0 Å². The molecule has 1 aromatic rings. The van der Waals surface area contributed by atoms with E-state index in [-0.39, 0.29) is 25.5 Å². The number of amides is 2. The van der Waals surface area contributed by atoms with Crippen LogP contribution in [0, 0.1) is 0 Å². The van der Waals surface area contributed by atoms with Gasteiger partial charge in [-0.3, -0.25) is 4.79 Å². The first-order valence-electron chi connectivity index (χ1n) is 7.07. The van der Waals surface area contributed by atoms with E-state index in [1.807, 2.05) is 0 Å². The number of ether oxygens (including phenoxy) is 1. The summed E-state index contributed by atoms with van der Waals surface area (Å²) in [4.78, 5) is 25.0. The van der Waals surface area contributed by atoms with E-state index >= 15 is 0 Å². The van der Waals surface area contributed by atoms with Crippen LogP contribution in [0.15, 0.2) is 24.3 Å². The smallest absolute Gasteiger partial charge is 0.321 e. The van der Waals surface area contributed by atoms with E-state index in [9.17, 15) is 14.7 Å². The fourth-order valence-corrected chi connectivity index (χ4v) is 1.92. The fourth-order valence-electron chi connectivity index (χ4n) is 1.79. The average Bonchev–Trinajstić information content (AvgIpc) is 2.45. The van der Waals surface area contributed by atoms with Crippen LogP contribution in [-0.2, 0) is 9.53 Å². The molecule has 0 aliphatic carbocycles. The number of carbonyl (C=O) groups excluding carboxylic acids is 2. The van der Waals surface area contributed by atoms with Gasteiger partial charge in [0.25, 0.3) is 0 Å². The highest BCUT2D eigenvalue weighted by molar-refractivity contribution is 6.30. The van der Waals surface area contributed by atoms with Gasteiger partial charge in [-0.1, -0.05) is 11.6 Å². The molecule has 2 amide bonds. The SMILES string of the molecule is CCOC(=O)CCN(CC(C)O)C(=O)Nc1ccc(Cl)cc1. The quantitative estimate of drug-likeness (QED) is 0.754. The monoisotopic (exact) mass is 328 g/mol. The summed E-state index contributed by atoms with van der Waals surface area (Å²) in [5.74, 6) is -0.377. The van der Waals surface area contributed by atoms with E-state index in [2.05, 4.69) is 5.32 Å². The lowest BCUT2D eigenvalue weighted by molar-refractivity contribution is -0.143. The van der Waals surface area contributed by atoms with Gasteiger partial charge in [0.15, 0.2) is 0 Å². The summed E-state index contributed by atoms with van der Waals surface area (Å²) in [7, 11) is 0. The third-order valence-electron chi connectivity index (χ3n) is 2.76. The Morgan fingerprint density at radius 2 is 2.00 bits per heavy atom. The standard InChI is InChI=1S/C15H21ClN2O4/c1-3-22-14(20)8-9-18(10-11(2)19)15(21)17-13-6-4-12(16)5-7-13/h4-7,11,19H,3,8-10H2,1-2H3,(H,17,21). The third kappa shape index (κ3) is 6.78. The molecule has 0 spiro atoms. The Morgan fingerprint density at radius 1 is 1.36 bits per heavy atom. The number of hydrogen-bond acceptors (Lipinski definition) is 4. The summed E-state index contributed by atoms with van der Waals surface area (Å²) in [6, 6.07) is 6.27. The van der Waals surface area contributed by atoms with E-state index < -0.39 is 12.1 Å². The van der Waals surface area contributed by atoms with Crippen LogP contribution in [-0.4, -0.2) is 47.8 Å². The Morgan fingerprint density at radius 3 is 2.55 bits per heavy atom. The molecule has 0 saturated carbocycles. The van der Waals surface area contributed by atoms with Gasteiger partial charge in [0.2, 0.25) is 0 Å². The summed E-state index contributed by atoms with van der Waals surface area (Å²) >= 11 is 5.79. The Balaban J connectivity index is 2.63.